The smallest absolute Gasteiger partial charge is 0.391 e. The first kappa shape index (κ1) is 14.7. The SMILES string of the molecule is CC(N)(C(=O)N1CC(O)CC1C(N)=O)C(F)(F)F. The summed E-state index contributed by atoms with van der Waals surface area (Å²) >= 11 is 0. The average molecular weight is 269 g/mol. The van der Waals surface area contributed by atoms with E-state index in [1.165, 1.54) is 0 Å². The van der Waals surface area contributed by atoms with Gasteiger partial charge in [0.1, 0.15) is 6.04 Å². The topological polar surface area (TPSA) is 110 Å². The van der Waals surface area contributed by atoms with Gasteiger partial charge in [0, 0.05) is 13.0 Å². The summed E-state index contributed by atoms with van der Waals surface area (Å²) in [5.41, 5.74) is 6.83. The molecule has 9 heteroatoms. The molecule has 0 bridgehead atoms. The molecule has 3 atom stereocenters. The third-order valence-corrected chi connectivity index (χ3v) is 2.90. The van der Waals surface area contributed by atoms with E-state index < -0.39 is 42.2 Å². The summed E-state index contributed by atoms with van der Waals surface area (Å²) in [5.74, 6) is -2.45. The van der Waals surface area contributed by atoms with E-state index in [2.05, 4.69) is 0 Å². The largest absolute Gasteiger partial charge is 0.415 e. The summed E-state index contributed by atoms with van der Waals surface area (Å²) < 4.78 is 37.8. The molecule has 0 saturated carbocycles. The highest BCUT2D eigenvalue weighted by atomic mass is 19.4. The van der Waals surface area contributed by atoms with Crippen LogP contribution in [0, 0.1) is 0 Å². The predicted molar refractivity (Wildman–Crippen MR) is 54.0 cm³/mol. The molecule has 0 radical (unpaired) electrons. The summed E-state index contributed by atoms with van der Waals surface area (Å²) in [6.07, 6.45) is -6.23. The molecule has 1 aliphatic rings. The monoisotopic (exact) mass is 269 g/mol. The molecule has 6 nitrogen and oxygen atoms in total. The minimum Gasteiger partial charge on any atom is -0.391 e. The van der Waals surface area contributed by atoms with E-state index in [9.17, 15) is 27.9 Å². The number of nitrogens with zero attached hydrogens (tertiary/aromatic N) is 1. The Morgan fingerprint density at radius 2 is 1.89 bits per heavy atom. The molecule has 18 heavy (non-hydrogen) atoms. The van der Waals surface area contributed by atoms with Gasteiger partial charge in [-0.15, -0.1) is 0 Å². The number of rotatable bonds is 2. The number of carbonyl (C=O) groups excluding carboxylic acids is 2. The molecule has 1 saturated heterocycles. The number of nitrogens with two attached hydrogens (primary N) is 2. The standard InChI is InChI=1S/C9H14F3N3O3/c1-8(14,9(10,11)12)7(18)15-3-4(16)2-5(15)6(13)17/h4-5,16H,2-3,14H2,1H3,(H2,13,17). The van der Waals surface area contributed by atoms with Gasteiger partial charge in [-0.1, -0.05) is 0 Å². The first-order chi connectivity index (χ1) is 7.98. The number of halogens is 3. The van der Waals surface area contributed by atoms with Gasteiger partial charge >= 0.3 is 6.18 Å². The molecule has 1 fully saturated rings. The first-order valence-corrected chi connectivity index (χ1v) is 5.12. The van der Waals surface area contributed by atoms with Gasteiger partial charge in [-0.25, -0.2) is 0 Å². The van der Waals surface area contributed by atoms with E-state index in [4.69, 9.17) is 11.5 Å². The van der Waals surface area contributed by atoms with Crippen molar-refractivity contribution in [2.45, 2.75) is 37.2 Å². The van der Waals surface area contributed by atoms with Crippen LogP contribution in [-0.2, 0) is 9.59 Å². The number of carbonyl (C=O) groups is 2. The van der Waals surface area contributed by atoms with Crippen molar-refractivity contribution in [1.29, 1.82) is 0 Å². The number of likely N-dealkylation sites (tertiary alicyclic amines) is 1. The van der Waals surface area contributed by atoms with Crippen LogP contribution >= 0.6 is 0 Å². The lowest BCUT2D eigenvalue weighted by molar-refractivity contribution is -0.194. The van der Waals surface area contributed by atoms with Crippen molar-refractivity contribution in [2.24, 2.45) is 11.5 Å². The van der Waals surface area contributed by atoms with Crippen LogP contribution in [0.4, 0.5) is 13.2 Å². The highest BCUT2D eigenvalue weighted by Crippen LogP contribution is 2.32. The highest BCUT2D eigenvalue weighted by Gasteiger charge is 2.57. The molecule has 0 aromatic rings. The number of aliphatic hydroxyl groups is 1. The molecule has 0 aliphatic carbocycles. The maximum Gasteiger partial charge on any atom is 0.415 e. The summed E-state index contributed by atoms with van der Waals surface area (Å²) in [6, 6.07) is -1.27. The fraction of sp³-hybridized carbons (Fsp3) is 0.778. The van der Waals surface area contributed by atoms with Crippen LogP contribution in [0.2, 0.25) is 0 Å². The lowest BCUT2D eigenvalue weighted by Crippen LogP contribution is -2.63. The molecule has 2 amide bonds. The van der Waals surface area contributed by atoms with Crippen LogP contribution in [0.3, 0.4) is 0 Å². The molecule has 3 unspecified atom stereocenters. The van der Waals surface area contributed by atoms with Crippen LogP contribution in [0.15, 0.2) is 0 Å². The van der Waals surface area contributed by atoms with Crippen molar-refractivity contribution in [2.75, 3.05) is 6.54 Å². The lowest BCUT2D eigenvalue weighted by Gasteiger charge is -2.32. The Labute approximate surface area is 101 Å². The van der Waals surface area contributed by atoms with Crippen molar-refractivity contribution < 1.29 is 27.9 Å². The van der Waals surface area contributed by atoms with E-state index in [1.807, 2.05) is 0 Å². The summed E-state index contributed by atoms with van der Waals surface area (Å²) in [7, 11) is 0. The Morgan fingerprint density at radius 3 is 2.28 bits per heavy atom. The number of aliphatic hydroxyl groups excluding tert-OH is 1. The van der Waals surface area contributed by atoms with Crippen molar-refractivity contribution in [3.63, 3.8) is 0 Å². The van der Waals surface area contributed by atoms with Crippen molar-refractivity contribution >= 4 is 11.8 Å². The Kier molecular flexibility index (Phi) is 3.59. The number of primary amides is 1. The zero-order valence-corrected chi connectivity index (χ0v) is 9.57. The van der Waals surface area contributed by atoms with Gasteiger partial charge in [-0.3, -0.25) is 9.59 Å². The highest BCUT2D eigenvalue weighted by molar-refractivity contribution is 5.92. The van der Waals surface area contributed by atoms with Gasteiger partial charge in [-0.05, 0) is 6.92 Å². The van der Waals surface area contributed by atoms with Gasteiger partial charge in [0.05, 0.1) is 6.10 Å². The van der Waals surface area contributed by atoms with Crippen LogP contribution < -0.4 is 11.5 Å². The number of hydrogen-bond acceptors (Lipinski definition) is 4. The minimum absolute atomic E-state index is 0.186. The number of hydrogen-bond donors (Lipinski definition) is 3. The third kappa shape index (κ3) is 2.41. The summed E-state index contributed by atoms with van der Waals surface area (Å²) in [5, 5.41) is 9.31. The summed E-state index contributed by atoms with van der Waals surface area (Å²) in [6.45, 7) is 0.118. The number of alkyl halides is 3. The van der Waals surface area contributed by atoms with Crippen LogP contribution in [0.1, 0.15) is 13.3 Å². The van der Waals surface area contributed by atoms with Gasteiger partial charge in [0.2, 0.25) is 5.91 Å². The van der Waals surface area contributed by atoms with E-state index in [0.29, 0.717) is 11.8 Å². The average Bonchev–Trinajstić information content (AvgIpc) is 2.57. The second kappa shape index (κ2) is 4.39. The second-order valence-electron chi connectivity index (χ2n) is 4.47. The van der Waals surface area contributed by atoms with Gasteiger partial charge in [-0.2, -0.15) is 13.2 Å². The summed E-state index contributed by atoms with van der Waals surface area (Å²) in [4.78, 5) is 23.4. The normalized spacial score (nSPS) is 28.0. The molecule has 0 aromatic carbocycles. The van der Waals surface area contributed by atoms with Crippen LogP contribution in [0.5, 0.6) is 0 Å². The Morgan fingerprint density at radius 1 is 1.39 bits per heavy atom. The van der Waals surface area contributed by atoms with Gasteiger partial charge in [0.25, 0.3) is 5.91 Å². The van der Waals surface area contributed by atoms with Crippen molar-refractivity contribution in [3.05, 3.63) is 0 Å². The Hall–Kier alpha value is -1.35. The molecular weight excluding hydrogens is 255 g/mol. The molecule has 104 valence electrons. The lowest BCUT2D eigenvalue weighted by atomic mass is 10.0. The van der Waals surface area contributed by atoms with Crippen LogP contribution in [-0.4, -0.2) is 52.2 Å². The van der Waals surface area contributed by atoms with Crippen LogP contribution in [0.25, 0.3) is 0 Å². The maximum absolute atomic E-state index is 12.6. The molecular formula is C9H14F3N3O3. The molecule has 0 aromatic heterocycles. The Bertz CT molecular complexity index is 370. The van der Waals surface area contributed by atoms with E-state index in [-0.39, 0.29) is 6.42 Å². The van der Waals surface area contributed by atoms with Gasteiger partial charge in [0.15, 0.2) is 5.54 Å². The van der Waals surface area contributed by atoms with Gasteiger partial charge < -0.3 is 21.5 Å². The number of amides is 2. The fourth-order valence-electron chi connectivity index (χ4n) is 1.73. The zero-order chi connectivity index (χ0) is 14.3. The van der Waals surface area contributed by atoms with E-state index >= 15 is 0 Å². The third-order valence-electron chi connectivity index (χ3n) is 2.90. The van der Waals surface area contributed by atoms with Crippen molar-refractivity contribution in [1.82, 2.24) is 4.90 Å². The zero-order valence-electron chi connectivity index (χ0n) is 9.57. The maximum atomic E-state index is 12.6. The second-order valence-corrected chi connectivity index (χ2v) is 4.47. The van der Waals surface area contributed by atoms with Crippen molar-refractivity contribution in [3.8, 4) is 0 Å². The Balaban J connectivity index is 3.00. The molecule has 1 heterocycles. The molecule has 0 spiro atoms. The molecule has 1 rings (SSSR count). The van der Waals surface area contributed by atoms with E-state index in [1.54, 1.807) is 0 Å². The quantitative estimate of drug-likeness (QED) is 0.579. The predicted octanol–water partition coefficient (Wildman–Crippen LogP) is -1.29. The molecule has 1 aliphatic heterocycles. The first-order valence-electron chi connectivity index (χ1n) is 5.12. The molecule has 5 N–H and O–H groups in total. The number of β-amino-alcohol motifs (C(OH)–C–C–N with tert-alkyl or cyclic N) is 1. The van der Waals surface area contributed by atoms with E-state index in [0.717, 1.165) is 0 Å². The fourth-order valence-corrected chi connectivity index (χ4v) is 1.73. The minimum atomic E-state index is -4.96.